The number of nitrogens with zero attached hydrogens (tertiary/aromatic N) is 2. The fourth-order valence-electron chi connectivity index (χ4n) is 2.70. The van der Waals surface area contributed by atoms with Gasteiger partial charge in [0.25, 0.3) is 17.7 Å². The van der Waals surface area contributed by atoms with E-state index < -0.39 is 29.8 Å². The number of nitriles is 1. The number of anilines is 1. The van der Waals surface area contributed by atoms with E-state index in [1.54, 1.807) is 0 Å². The number of carbonyl (C=O) groups excluding carboxylic acids is 4. The molecule has 1 aliphatic heterocycles. The highest BCUT2D eigenvalue weighted by atomic mass is 35.5. The Morgan fingerprint density at radius 1 is 1.14 bits per heavy atom. The molecule has 0 fully saturated rings. The summed E-state index contributed by atoms with van der Waals surface area (Å²) in [4.78, 5) is 49.5. The van der Waals surface area contributed by atoms with Crippen LogP contribution >= 0.6 is 11.6 Å². The van der Waals surface area contributed by atoms with Crippen molar-refractivity contribution in [2.75, 3.05) is 12.4 Å². The summed E-state index contributed by atoms with van der Waals surface area (Å²) >= 11 is 5.92. The van der Waals surface area contributed by atoms with E-state index in [4.69, 9.17) is 21.6 Å². The monoisotopic (exact) mass is 411 g/mol. The lowest BCUT2D eigenvalue weighted by molar-refractivity contribution is -0.123. The summed E-state index contributed by atoms with van der Waals surface area (Å²) in [5.41, 5.74) is 0.959. The lowest BCUT2D eigenvalue weighted by Gasteiger charge is -2.14. The molecule has 146 valence electrons. The summed E-state index contributed by atoms with van der Waals surface area (Å²) in [7, 11) is 1.35. The van der Waals surface area contributed by atoms with Gasteiger partial charge in [0, 0.05) is 12.7 Å². The molecule has 1 unspecified atom stereocenters. The molecule has 3 rings (SSSR count). The number of benzene rings is 2. The molecule has 0 saturated carbocycles. The molecule has 9 heteroatoms. The van der Waals surface area contributed by atoms with Crippen LogP contribution in [0.15, 0.2) is 36.4 Å². The van der Waals surface area contributed by atoms with Crippen LogP contribution in [-0.2, 0) is 9.53 Å². The van der Waals surface area contributed by atoms with Gasteiger partial charge in [-0.15, -0.1) is 0 Å². The largest absolute Gasteiger partial charge is 0.449 e. The predicted octanol–water partition coefficient (Wildman–Crippen LogP) is 2.62. The third kappa shape index (κ3) is 3.81. The maximum atomic E-state index is 12.3. The summed E-state index contributed by atoms with van der Waals surface area (Å²) in [6.45, 7) is 1.38. The molecular weight excluding hydrogens is 398 g/mol. The maximum absolute atomic E-state index is 12.3. The number of hydrogen-bond donors (Lipinski definition) is 1. The third-order valence-electron chi connectivity index (χ3n) is 4.34. The van der Waals surface area contributed by atoms with Crippen molar-refractivity contribution in [1.29, 1.82) is 5.26 Å². The predicted molar refractivity (Wildman–Crippen MR) is 103 cm³/mol. The number of halogens is 1. The van der Waals surface area contributed by atoms with E-state index in [0.29, 0.717) is 5.69 Å². The molecule has 0 radical (unpaired) electrons. The van der Waals surface area contributed by atoms with Gasteiger partial charge in [0.2, 0.25) is 0 Å². The molecule has 3 amide bonds. The second-order valence-corrected chi connectivity index (χ2v) is 6.68. The van der Waals surface area contributed by atoms with E-state index in [1.165, 1.54) is 50.4 Å². The SMILES string of the molecule is CC(OC(=O)c1ccc2c(c1)C(=O)N(C)C2=O)C(=O)Nc1ccc(C#N)c(Cl)c1. The van der Waals surface area contributed by atoms with Gasteiger partial charge in [-0.3, -0.25) is 19.3 Å². The molecule has 0 saturated heterocycles. The van der Waals surface area contributed by atoms with Gasteiger partial charge in [0.1, 0.15) is 6.07 Å². The van der Waals surface area contributed by atoms with Gasteiger partial charge >= 0.3 is 5.97 Å². The Hall–Kier alpha value is -3.70. The number of hydrogen-bond acceptors (Lipinski definition) is 6. The first kappa shape index (κ1) is 20.0. The van der Waals surface area contributed by atoms with Crippen molar-refractivity contribution in [3.05, 3.63) is 63.7 Å². The Labute approximate surface area is 170 Å². The van der Waals surface area contributed by atoms with Crippen molar-refractivity contribution in [3.8, 4) is 6.07 Å². The summed E-state index contributed by atoms with van der Waals surface area (Å²) in [5.74, 6) is -2.38. The van der Waals surface area contributed by atoms with Crippen molar-refractivity contribution in [1.82, 2.24) is 4.90 Å². The average molecular weight is 412 g/mol. The van der Waals surface area contributed by atoms with Gasteiger partial charge < -0.3 is 10.1 Å². The molecule has 1 heterocycles. The summed E-state index contributed by atoms with van der Waals surface area (Å²) in [6, 6.07) is 10.3. The smallest absolute Gasteiger partial charge is 0.338 e. The highest BCUT2D eigenvalue weighted by Crippen LogP contribution is 2.24. The Balaban J connectivity index is 1.69. The first-order valence-electron chi connectivity index (χ1n) is 8.41. The first-order chi connectivity index (χ1) is 13.7. The Morgan fingerprint density at radius 3 is 2.48 bits per heavy atom. The standard InChI is InChI=1S/C20H14ClN3O5/c1-10(17(25)23-13-5-3-12(9-22)16(21)8-13)29-20(28)11-4-6-14-15(7-11)19(27)24(2)18(14)26/h3-8,10H,1-2H3,(H,23,25). The zero-order valence-electron chi connectivity index (χ0n) is 15.4. The number of nitrogens with one attached hydrogen (secondary N) is 1. The van der Waals surface area contributed by atoms with Crippen LogP contribution < -0.4 is 5.32 Å². The summed E-state index contributed by atoms with van der Waals surface area (Å²) in [5, 5.41) is 11.6. The lowest BCUT2D eigenvalue weighted by Crippen LogP contribution is -2.30. The first-order valence-corrected chi connectivity index (χ1v) is 8.78. The zero-order valence-corrected chi connectivity index (χ0v) is 16.1. The number of esters is 1. The van der Waals surface area contributed by atoms with Crippen LogP contribution in [-0.4, -0.2) is 41.7 Å². The molecule has 1 aliphatic rings. The normalized spacial score (nSPS) is 13.5. The number of carbonyl (C=O) groups is 4. The molecule has 8 nitrogen and oxygen atoms in total. The van der Waals surface area contributed by atoms with Gasteiger partial charge in [-0.25, -0.2) is 4.79 Å². The Bertz CT molecular complexity index is 1110. The number of amides is 3. The van der Waals surface area contributed by atoms with Crippen molar-refractivity contribution in [3.63, 3.8) is 0 Å². The molecule has 1 N–H and O–H groups in total. The minimum atomic E-state index is -1.15. The van der Waals surface area contributed by atoms with Gasteiger partial charge in [-0.05, 0) is 43.3 Å². The maximum Gasteiger partial charge on any atom is 0.338 e. The van der Waals surface area contributed by atoms with Crippen molar-refractivity contribution in [2.45, 2.75) is 13.0 Å². The molecule has 0 aliphatic carbocycles. The molecule has 2 aromatic carbocycles. The minimum Gasteiger partial charge on any atom is -0.449 e. The van der Waals surface area contributed by atoms with Crippen molar-refractivity contribution in [2.24, 2.45) is 0 Å². The van der Waals surface area contributed by atoms with Gasteiger partial charge in [0.15, 0.2) is 6.10 Å². The van der Waals surface area contributed by atoms with Gasteiger partial charge in [-0.1, -0.05) is 11.6 Å². The van der Waals surface area contributed by atoms with E-state index in [-0.39, 0.29) is 27.3 Å². The molecule has 1 atom stereocenters. The quantitative estimate of drug-likeness (QED) is 0.610. The summed E-state index contributed by atoms with van der Waals surface area (Å²) < 4.78 is 5.15. The molecule has 0 spiro atoms. The van der Waals surface area contributed by atoms with Crippen LogP contribution in [0.25, 0.3) is 0 Å². The number of rotatable bonds is 4. The van der Waals surface area contributed by atoms with E-state index in [2.05, 4.69) is 5.32 Å². The Kier molecular flexibility index (Phi) is 5.35. The second kappa shape index (κ2) is 7.73. The number of ether oxygens (including phenoxy) is 1. The van der Waals surface area contributed by atoms with Crippen LogP contribution in [0.1, 0.15) is 43.6 Å². The average Bonchev–Trinajstić information content (AvgIpc) is 2.91. The van der Waals surface area contributed by atoms with Crippen LogP contribution in [0.3, 0.4) is 0 Å². The van der Waals surface area contributed by atoms with E-state index in [1.807, 2.05) is 6.07 Å². The van der Waals surface area contributed by atoms with E-state index in [0.717, 1.165) is 4.90 Å². The summed E-state index contributed by atoms with van der Waals surface area (Å²) in [6.07, 6.45) is -1.15. The highest BCUT2D eigenvalue weighted by molar-refractivity contribution is 6.32. The van der Waals surface area contributed by atoms with Crippen molar-refractivity contribution < 1.29 is 23.9 Å². The fourth-order valence-corrected chi connectivity index (χ4v) is 2.92. The van der Waals surface area contributed by atoms with Gasteiger partial charge in [0.05, 0.1) is 27.3 Å². The molecule has 29 heavy (non-hydrogen) atoms. The topological polar surface area (TPSA) is 117 Å². The van der Waals surface area contributed by atoms with Crippen molar-refractivity contribution >= 4 is 41.0 Å². The lowest BCUT2D eigenvalue weighted by atomic mass is 10.1. The molecule has 0 bridgehead atoms. The third-order valence-corrected chi connectivity index (χ3v) is 4.65. The van der Waals surface area contributed by atoms with Crippen LogP contribution in [0.2, 0.25) is 5.02 Å². The van der Waals surface area contributed by atoms with E-state index in [9.17, 15) is 19.2 Å². The molecule has 2 aromatic rings. The fraction of sp³-hybridized carbons (Fsp3) is 0.150. The van der Waals surface area contributed by atoms with Crippen LogP contribution in [0, 0.1) is 11.3 Å². The minimum absolute atomic E-state index is 0.0428. The number of fused-ring (bicyclic) bond motifs is 1. The molecular formula is C20H14ClN3O5. The highest BCUT2D eigenvalue weighted by Gasteiger charge is 2.33. The van der Waals surface area contributed by atoms with Crippen LogP contribution in [0.4, 0.5) is 5.69 Å². The molecule has 0 aromatic heterocycles. The zero-order chi connectivity index (χ0) is 21.3. The van der Waals surface area contributed by atoms with Crippen LogP contribution in [0.5, 0.6) is 0 Å². The Morgan fingerprint density at radius 2 is 1.83 bits per heavy atom. The van der Waals surface area contributed by atoms with Gasteiger partial charge in [-0.2, -0.15) is 5.26 Å². The second-order valence-electron chi connectivity index (χ2n) is 6.27. The van der Waals surface area contributed by atoms with E-state index >= 15 is 0 Å². The number of imide groups is 1.